The van der Waals surface area contributed by atoms with Crippen molar-refractivity contribution in [2.24, 2.45) is 5.92 Å². The lowest BCUT2D eigenvalue weighted by Gasteiger charge is -2.21. The molecule has 1 aromatic rings. The molecule has 1 aromatic carbocycles. The number of carbonyl (C=O) groups is 2. The molecule has 1 saturated heterocycles. The molecule has 0 bridgehead atoms. The topological polar surface area (TPSA) is 57.6 Å². The summed E-state index contributed by atoms with van der Waals surface area (Å²) in [5.41, 5.74) is -0.0160. The summed E-state index contributed by atoms with van der Waals surface area (Å²) in [5.74, 6) is -1.62. The second-order valence-corrected chi connectivity index (χ2v) is 6.10. The predicted octanol–water partition coefficient (Wildman–Crippen LogP) is 2.88. The van der Waals surface area contributed by atoms with Crippen LogP contribution in [0.5, 0.6) is 0 Å². The molecule has 2 aliphatic rings. The van der Waals surface area contributed by atoms with Crippen LogP contribution in [0.4, 0.5) is 13.2 Å². The Morgan fingerprint density at radius 1 is 1.17 bits per heavy atom. The van der Waals surface area contributed by atoms with Gasteiger partial charge < -0.3 is 10.0 Å². The molecule has 7 heteroatoms. The quantitative estimate of drug-likeness (QED) is 0.929. The van der Waals surface area contributed by atoms with Crippen LogP contribution in [0.15, 0.2) is 24.3 Å². The molecule has 1 heterocycles. The van der Waals surface area contributed by atoms with Crippen LogP contribution >= 0.6 is 0 Å². The summed E-state index contributed by atoms with van der Waals surface area (Å²) in [6.45, 7) is 0.437. The molecule has 124 valence electrons. The summed E-state index contributed by atoms with van der Waals surface area (Å²) in [5, 5.41) is 9.12. The maximum atomic E-state index is 12.5. The van der Waals surface area contributed by atoms with Crippen LogP contribution in [0.3, 0.4) is 0 Å². The van der Waals surface area contributed by atoms with Gasteiger partial charge in [-0.3, -0.25) is 4.79 Å². The number of hydrogen-bond donors (Lipinski definition) is 1. The monoisotopic (exact) mass is 327 g/mol. The van der Waals surface area contributed by atoms with Gasteiger partial charge in [0, 0.05) is 12.5 Å². The zero-order valence-corrected chi connectivity index (χ0v) is 12.2. The molecule has 4 nitrogen and oxygen atoms in total. The number of nitrogens with zero attached hydrogens (tertiary/aromatic N) is 1. The zero-order valence-electron chi connectivity index (χ0n) is 12.2. The van der Waals surface area contributed by atoms with Gasteiger partial charge in [0.15, 0.2) is 0 Å². The summed E-state index contributed by atoms with van der Waals surface area (Å²) >= 11 is 0. The molecule has 23 heavy (non-hydrogen) atoms. The third-order valence-electron chi connectivity index (χ3n) is 4.59. The van der Waals surface area contributed by atoms with Gasteiger partial charge in [0.2, 0.25) is 5.91 Å². The van der Waals surface area contributed by atoms with E-state index in [0.29, 0.717) is 31.4 Å². The first-order valence-corrected chi connectivity index (χ1v) is 7.49. The molecule has 0 spiro atoms. The van der Waals surface area contributed by atoms with Gasteiger partial charge in [0.1, 0.15) is 6.04 Å². The highest BCUT2D eigenvalue weighted by Crippen LogP contribution is 2.49. The van der Waals surface area contributed by atoms with Crippen molar-refractivity contribution in [3.63, 3.8) is 0 Å². The van der Waals surface area contributed by atoms with Gasteiger partial charge in [-0.2, -0.15) is 13.2 Å². The highest BCUT2D eigenvalue weighted by atomic mass is 19.4. The van der Waals surface area contributed by atoms with E-state index in [0.717, 1.165) is 12.1 Å². The van der Waals surface area contributed by atoms with E-state index in [2.05, 4.69) is 0 Å². The van der Waals surface area contributed by atoms with Gasteiger partial charge in [-0.25, -0.2) is 4.79 Å². The van der Waals surface area contributed by atoms with Crippen LogP contribution in [0, 0.1) is 5.92 Å². The fraction of sp³-hybridized carbons (Fsp3) is 0.500. The molecule has 1 N–H and O–H groups in total. The first-order chi connectivity index (χ1) is 10.8. The van der Waals surface area contributed by atoms with E-state index in [1.165, 1.54) is 17.0 Å². The molecule has 1 amide bonds. The van der Waals surface area contributed by atoms with Crippen molar-refractivity contribution in [2.45, 2.75) is 37.4 Å². The van der Waals surface area contributed by atoms with Crippen molar-refractivity contribution in [3.8, 4) is 0 Å². The van der Waals surface area contributed by atoms with E-state index in [1.807, 2.05) is 0 Å². The lowest BCUT2D eigenvalue weighted by molar-refractivity contribution is -0.148. The molecule has 1 saturated carbocycles. The largest absolute Gasteiger partial charge is 0.480 e. The Kier molecular flexibility index (Phi) is 3.82. The van der Waals surface area contributed by atoms with Crippen molar-refractivity contribution in [3.05, 3.63) is 35.4 Å². The third-order valence-corrected chi connectivity index (χ3v) is 4.59. The van der Waals surface area contributed by atoms with Crippen LogP contribution in [-0.4, -0.2) is 34.5 Å². The number of benzene rings is 1. The van der Waals surface area contributed by atoms with E-state index in [4.69, 9.17) is 5.11 Å². The number of aliphatic carboxylic acids is 1. The standard InChI is InChI=1S/C16H16F3NO3/c17-16(18,19)10-5-3-9(4-6-10)11-8-12(11)14(21)20-7-1-2-13(20)15(22)23/h3-6,11-13H,1-2,7-8H2,(H,22,23)/t11-,12+,13-/m1/s1. The number of carboxylic acids is 1. The molecule has 3 rings (SSSR count). The third kappa shape index (κ3) is 3.04. The number of carbonyl (C=O) groups excluding carboxylic acids is 1. The second kappa shape index (κ2) is 5.54. The van der Waals surface area contributed by atoms with Crippen molar-refractivity contribution < 1.29 is 27.9 Å². The molecule has 0 unspecified atom stereocenters. The normalized spacial score (nSPS) is 27.1. The van der Waals surface area contributed by atoms with Gasteiger partial charge >= 0.3 is 12.1 Å². The minimum atomic E-state index is -4.37. The van der Waals surface area contributed by atoms with Crippen LogP contribution < -0.4 is 0 Å². The Hall–Kier alpha value is -2.05. The molecule has 1 aliphatic heterocycles. The van der Waals surface area contributed by atoms with Crippen molar-refractivity contribution >= 4 is 11.9 Å². The van der Waals surface area contributed by atoms with E-state index in [1.54, 1.807) is 0 Å². The number of carboxylic acid groups (broad SMARTS) is 1. The van der Waals surface area contributed by atoms with Crippen LogP contribution in [0.2, 0.25) is 0 Å². The number of halogens is 3. The maximum absolute atomic E-state index is 12.5. The average molecular weight is 327 g/mol. The van der Waals surface area contributed by atoms with Crippen molar-refractivity contribution in [1.29, 1.82) is 0 Å². The molecule has 3 atom stereocenters. The molecule has 1 aliphatic carbocycles. The second-order valence-electron chi connectivity index (χ2n) is 6.10. The highest BCUT2D eigenvalue weighted by molar-refractivity contribution is 5.88. The minimum absolute atomic E-state index is 0.111. The Balaban J connectivity index is 1.67. The van der Waals surface area contributed by atoms with Gasteiger partial charge in [0.05, 0.1) is 5.56 Å². The first kappa shape index (κ1) is 15.8. The first-order valence-electron chi connectivity index (χ1n) is 7.49. The molecule has 0 aromatic heterocycles. The van der Waals surface area contributed by atoms with Crippen molar-refractivity contribution in [2.75, 3.05) is 6.54 Å². The predicted molar refractivity (Wildman–Crippen MR) is 74.7 cm³/mol. The summed E-state index contributed by atoms with van der Waals surface area (Å²) in [6.07, 6.45) is -2.69. The Labute approximate surface area is 130 Å². The summed E-state index contributed by atoms with van der Waals surface area (Å²) < 4.78 is 37.6. The van der Waals surface area contributed by atoms with Crippen LogP contribution in [0.1, 0.15) is 36.3 Å². The van der Waals surface area contributed by atoms with Crippen molar-refractivity contribution in [1.82, 2.24) is 4.90 Å². The zero-order chi connectivity index (χ0) is 16.8. The average Bonchev–Trinajstić information content (AvgIpc) is 3.13. The van der Waals surface area contributed by atoms with E-state index >= 15 is 0 Å². The summed E-state index contributed by atoms with van der Waals surface area (Å²) in [6, 6.07) is 4.08. The van der Waals surface area contributed by atoms with Crippen LogP contribution in [0.25, 0.3) is 0 Å². The number of amides is 1. The number of alkyl halides is 3. The van der Waals surface area contributed by atoms with E-state index < -0.39 is 23.8 Å². The van der Waals surface area contributed by atoms with Crippen LogP contribution in [-0.2, 0) is 15.8 Å². The molecular weight excluding hydrogens is 311 g/mol. The summed E-state index contributed by atoms with van der Waals surface area (Å²) in [4.78, 5) is 25.0. The van der Waals surface area contributed by atoms with Gasteiger partial charge in [-0.15, -0.1) is 0 Å². The van der Waals surface area contributed by atoms with Gasteiger partial charge in [0.25, 0.3) is 0 Å². The lowest BCUT2D eigenvalue weighted by Crippen LogP contribution is -2.41. The van der Waals surface area contributed by atoms with Gasteiger partial charge in [-0.1, -0.05) is 12.1 Å². The minimum Gasteiger partial charge on any atom is -0.480 e. The Morgan fingerprint density at radius 2 is 1.83 bits per heavy atom. The smallest absolute Gasteiger partial charge is 0.416 e. The van der Waals surface area contributed by atoms with E-state index in [-0.39, 0.29) is 17.7 Å². The highest BCUT2D eigenvalue weighted by Gasteiger charge is 2.48. The molecule has 2 fully saturated rings. The fourth-order valence-corrected chi connectivity index (χ4v) is 3.26. The summed E-state index contributed by atoms with van der Waals surface area (Å²) in [7, 11) is 0. The molecule has 0 radical (unpaired) electrons. The van der Waals surface area contributed by atoms with E-state index in [9.17, 15) is 22.8 Å². The Morgan fingerprint density at radius 3 is 2.39 bits per heavy atom. The number of rotatable bonds is 3. The number of hydrogen-bond acceptors (Lipinski definition) is 2. The number of likely N-dealkylation sites (tertiary alicyclic amines) is 1. The maximum Gasteiger partial charge on any atom is 0.416 e. The fourth-order valence-electron chi connectivity index (χ4n) is 3.26. The lowest BCUT2D eigenvalue weighted by atomic mass is 10.1. The van der Waals surface area contributed by atoms with Gasteiger partial charge in [-0.05, 0) is 42.9 Å². The molecular formula is C16H16F3NO3. The SMILES string of the molecule is O=C(O)[C@H]1CCCN1C(=O)[C@H]1C[C@@H]1c1ccc(C(F)(F)F)cc1. The Bertz CT molecular complexity index is 626.